The van der Waals surface area contributed by atoms with Gasteiger partial charge < -0.3 is 14.9 Å². The van der Waals surface area contributed by atoms with Crippen LogP contribution in [-0.4, -0.2) is 60.3 Å². The van der Waals surface area contributed by atoms with E-state index < -0.39 is 0 Å². The minimum atomic E-state index is -0.0464. The Morgan fingerprint density at radius 3 is 2.39 bits per heavy atom. The van der Waals surface area contributed by atoms with Gasteiger partial charge in [-0.1, -0.05) is 13.8 Å². The van der Waals surface area contributed by atoms with Crippen molar-refractivity contribution in [2.45, 2.75) is 45.6 Å². The van der Waals surface area contributed by atoms with Gasteiger partial charge >= 0.3 is 0 Å². The first kappa shape index (κ1) is 14.3. The highest BCUT2D eigenvalue weighted by molar-refractivity contribution is 4.82. The molecule has 3 heteroatoms. The van der Waals surface area contributed by atoms with E-state index in [4.69, 9.17) is 0 Å². The Balaban J connectivity index is 1.73. The van der Waals surface area contributed by atoms with Gasteiger partial charge in [0.2, 0.25) is 0 Å². The van der Waals surface area contributed by atoms with E-state index in [1.807, 2.05) is 0 Å². The second kappa shape index (κ2) is 6.88. The van der Waals surface area contributed by atoms with Gasteiger partial charge in [0.05, 0.1) is 6.10 Å². The zero-order chi connectivity index (χ0) is 13.0. The van der Waals surface area contributed by atoms with Crippen LogP contribution in [0.5, 0.6) is 0 Å². The lowest BCUT2D eigenvalue weighted by Crippen LogP contribution is -2.49. The second-order valence-corrected chi connectivity index (χ2v) is 6.39. The van der Waals surface area contributed by atoms with Crippen molar-refractivity contribution in [2.75, 3.05) is 39.3 Å². The summed E-state index contributed by atoms with van der Waals surface area (Å²) in [6, 6.07) is 0. The molecule has 3 atom stereocenters. The first-order valence-corrected chi connectivity index (χ1v) is 7.81. The van der Waals surface area contributed by atoms with E-state index >= 15 is 0 Å². The molecule has 106 valence electrons. The van der Waals surface area contributed by atoms with E-state index in [9.17, 15) is 5.11 Å². The van der Waals surface area contributed by atoms with Crippen LogP contribution in [0.3, 0.4) is 0 Å². The maximum atomic E-state index is 10.1. The Labute approximate surface area is 112 Å². The monoisotopic (exact) mass is 254 g/mol. The molecule has 2 aliphatic rings. The first-order chi connectivity index (χ1) is 8.69. The summed E-state index contributed by atoms with van der Waals surface area (Å²) in [6.45, 7) is 11.8. The zero-order valence-corrected chi connectivity index (χ0v) is 12.1. The Morgan fingerprint density at radius 2 is 1.72 bits per heavy atom. The van der Waals surface area contributed by atoms with Crippen LogP contribution < -0.4 is 0 Å². The predicted octanol–water partition coefficient (Wildman–Crippen LogP) is 1.81. The molecular formula is C15H30N2O. The minimum absolute atomic E-state index is 0.0464. The van der Waals surface area contributed by atoms with Crippen LogP contribution in [0, 0.1) is 11.8 Å². The van der Waals surface area contributed by atoms with Gasteiger partial charge in [-0.2, -0.15) is 0 Å². The molecule has 0 aromatic rings. The van der Waals surface area contributed by atoms with Crippen molar-refractivity contribution in [3.8, 4) is 0 Å². The van der Waals surface area contributed by atoms with E-state index in [-0.39, 0.29) is 6.10 Å². The lowest BCUT2D eigenvalue weighted by Gasteiger charge is -2.39. The van der Waals surface area contributed by atoms with Crippen LogP contribution in [0.15, 0.2) is 0 Å². The average molecular weight is 254 g/mol. The molecule has 2 fully saturated rings. The number of hydrogen-bond acceptors (Lipinski definition) is 3. The normalized spacial score (nSPS) is 35.8. The molecule has 3 unspecified atom stereocenters. The number of aliphatic hydroxyl groups is 1. The summed E-state index contributed by atoms with van der Waals surface area (Å²) in [5, 5.41) is 10.1. The molecule has 1 saturated heterocycles. The molecule has 1 aliphatic carbocycles. The highest BCUT2D eigenvalue weighted by Crippen LogP contribution is 2.29. The number of piperazine rings is 1. The van der Waals surface area contributed by atoms with Crippen molar-refractivity contribution in [3.63, 3.8) is 0 Å². The van der Waals surface area contributed by atoms with Crippen LogP contribution in [0.1, 0.15) is 39.5 Å². The quantitative estimate of drug-likeness (QED) is 0.829. The first-order valence-electron chi connectivity index (χ1n) is 7.81. The van der Waals surface area contributed by atoms with E-state index in [1.165, 1.54) is 52.0 Å². The third-order valence-corrected chi connectivity index (χ3v) is 4.70. The van der Waals surface area contributed by atoms with Gasteiger partial charge in [0.1, 0.15) is 0 Å². The number of rotatable bonds is 4. The predicted molar refractivity (Wildman–Crippen MR) is 75.7 cm³/mol. The fraction of sp³-hybridized carbons (Fsp3) is 1.00. The van der Waals surface area contributed by atoms with Crippen LogP contribution in [-0.2, 0) is 0 Å². The lowest BCUT2D eigenvalue weighted by atomic mass is 9.80. The molecular weight excluding hydrogens is 224 g/mol. The number of aliphatic hydroxyl groups excluding tert-OH is 1. The molecule has 1 N–H and O–H groups in total. The third kappa shape index (κ3) is 3.94. The molecule has 1 aliphatic heterocycles. The maximum Gasteiger partial charge on any atom is 0.0580 e. The van der Waals surface area contributed by atoms with Crippen molar-refractivity contribution in [1.82, 2.24) is 9.80 Å². The average Bonchev–Trinajstić information content (AvgIpc) is 2.37. The van der Waals surface area contributed by atoms with Gasteiger partial charge in [-0.15, -0.1) is 0 Å². The Kier molecular flexibility index (Phi) is 5.46. The van der Waals surface area contributed by atoms with Crippen molar-refractivity contribution in [3.05, 3.63) is 0 Å². The van der Waals surface area contributed by atoms with Crippen LogP contribution in [0.25, 0.3) is 0 Å². The summed E-state index contributed by atoms with van der Waals surface area (Å²) in [7, 11) is 0. The van der Waals surface area contributed by atoms with Gasteiger partial charge in [0.15, 0.2) is 0 Å². The van der Waals surface area contributed by atoms with Crippen LogP contribution in [0.2, 0.25) is 0 Å². The largest absolute Gasteiger partial charge is 0.393 e. The number of nitrogens with zero attached hydrogens (tertiary/aromatic N) is 2. The molecule has 0 bridgehead atoms. The van der Waals surface area contributed by atoms with Crippen molar-refractivity contribution in [2.24, 2.45) is 11.8 Å². The van der Waals surface area contributed by atoms with Crippen LogP contribution in [0.4, 0.5) is 0 Å². The third-order valence-electron chi connectivity index (χ3n) is 4.70. The molecule has 2 rings (SSSR count). The molecule has 1 saturated carbocycles. The number of hydrogen-bond donors (Lipinski definition) is 1. The molecule has 0 aromatic heterocycles. The van der Waals surface area contributed by atoms with E-state index in [1.54, 1.807) is 0 Å². The molecule has 3 nitrogen and oxygen atoms in total. The standard InChI is InChI=1S/C15H30N2O/c1-3-6-16-7-9-17(10-8-16)12-14-11-13(2)4-5-15(14)18/h13-15,18H,3-12H2,1-2H3. The molecule has 0 radical (unpaired) electrons. The molecule has 18 heavy (non-hydrogen) atoms. The Hall–Kier alpha value is -0.120. The molecule has 0 amide bonds. The summed E-state index contributed by atoms with van der Waals surface area (Å²) < 4.78 is 0. The van der Waals surface area contributed by atoms with E-state index in [2.05, 4.69) is 23.6 Å². The summed E-state index contributed by atoms with van der Waals surface area (Å²) in [6.07, 6.45) is 4.66. The van der Waals surface area contributed by atoms with Gasteiger partial charge in [-0.05, 0) is 44.1 Å². The highest BCUT2D eigenvalue weighted by atomic mass is 16.3. The second-order valence-electron chi connectivity index (χ2n) is 6.39. The lowest BCUT2D eigenvalue weighted by molar-refractivity contribution is 0.0195. The zero-order valence-electron chi connectivity index (χ0n) is 12.1. The minimum Gasteiger partial charge on any atom is -0.393 e. The van der Waals surface area contributed by atoms with Gasteiger partial charge in [0, 0.05) is 32.7 Å². The fourth-order valence-electron chi connectivity index (χ4n) is 3.52. The van der Waals surface area contributed by atoms with E-state index in [0.29, 0.717) is 5.92 Å². The topological polar surface area (TPSA) is 26.7 Å². The van der Waals surface area contributed by atoms with Gasteiger partial charge in [0.25, 0.3) is 0 Å². The van der Waals surface area contributed by atoms with Gasteiger partial charge in [-0.25, -0.2) is 0 Å². The van der Waals surface area contributed by atoms with Crippen molar-refractivity contribution >= 4 is 0 Å². The molecule has 1 heterocycles. The summed E-state index contributed by atoms with van der Waals surface area (Å²) in [5.41, 5.74) is 0. The maximum absolute atomic E-state index is 10.1. The molecule has 0 aromatic carbocycles. The Morgan fingerprint density at radius 1 is 1.06 bits per heavy atom. The van der Waals surface area contributed by atoms with Crippen molar-refractivity contribution < 1.29 is 5.11 Å². The smallest absolute Gasteiger partial charge is 0.0580 e. The Bertz CT molecular complexity index is 239. The van der Waals surface area contributed by atoms with E-state index in [0.717, 1.165) is 18.9 Å². The van der Waals surface area contributed by atoms with Gasteiger partial charge in [-0.3, -0.25) is 0 Å². The van der Waals surface area contributed by atoms with Crippen molar-refractivity contribution in [1.29, 1.82) is 0 Å². The highest BCUT2D eigenvalue weighted by Gasteiger charge is 2.29. The van der Waals surface area contributed by atoms with Crippen LogP contribution >= 0.6 is 0 Å². The fourth-order valence-corrected chi connectivity index (χ4v) is 3.52. The summed E-state index contributed by atoms with van der Waals surface area (Å²) in [4.78, 5) is 5.13. The SMILES string of the molecule is CCCN1CCN(CC2CC(C)CCC2O)CC1. The summed E-state index contributed by atoms with van der Waals surface area (Å²) in [5.74, 6) is 1.33. The molecule has 0 spiro atoms. The summed E-state index contributed by atoms with van der Waals surface area (Å²) >= 11 is 0.